The highest BCUT2D eigenvalue weighted by molar-refractivity contribution is 7.92. The van der Waals surface area contributed by atoms with Crippen molar-refractivity contribution in [1.29, 1.82) is 0 Å². The summed E-state index contributed by atoms with van der Waals surface area (Å²) in [7, 11) is -3.88. The summed E-state index contributed by atoms with van der Waals surface area (Å²) in [5.74, 6) is -0.557. The van der Waals surface area contributed by atoms with Crippen molar-refractivity contribution in [2.24, 2.45) is 0 Å². The number of amides is 1. The van der Waals surface area contributed by atoms with Crippen LogP contribution in [0.1, 0.15) is 19.4 Å². The highest BCUT2D eigenvalue weighted by Crippen LogP contribution is 2.24. The van der Waals surface area contributed by atoms with E-state index in [9.17, 15) is 17.6 Å². The number of nitrogens with one attached hydrogen (secondary N) is 1. The first-order chi connectivity index (χ1) is 13.1. The number of carbonyl (C=O) groups is 1. The zero-order valence-electron chi connectivity index (χ0n) is 16.3. The van der Waals surface area contributed by atoms with Gasteiger partial charge in [0.2, 0.25) is 15.9 Å². The highest BCUT2D eigenvalue weighted by atomic mass is 32.2. The van der Waals surface area contributed by atoms with E-state index in [0.29, 0.717) is 5.75 Å². The van der Waals surface area contributed by atoms with Crippen LogP contribution in [-0.2, 0) is 14.8 Å². The Morgan fingerprint density at radius 1 is 1.14 bits per heavy atom. The molecule has 0 aromatic heterocycles. The van der Waals surface area contributed by atoms with Gasteiger partial charge in [-0.05, 0) is 44.5 Å². The van der Waals surface area contributed by atoms with Gasteiger partial charge in [0.25, 0.3) is 0 Å². The SMILES string of the molecule is Cc1ccccc1OC[C@@H](C)NC(=O)[C@@H](C)N(c1ccccc1F)S(C)(=O)=O. The molecule has 0 radical (unpaired) electrons. The van der Waals surface area contributed by atoms with Crippen molar-refractivity contribution in [3.05, 3.63) is 59.9 Å². The maximum Gasteiger partial charge on any atom is 0.243 e. The molecule has 1 amide bonds. The number of aryl methyl sites for hydroxylation is 1. The van der Waals surface area contributed by atoms with Crippen molar-refractivity contribution in [2.45, 2.75) is 32.9 Å². The van der Waals surface area contributed by atoms with Crippen molar-refractivity contribution in [2.75, 3.05) is 17.2 Å². The predicted molar refractivity (Wildman–Crippen MR) is 107 cm³/mol. The summed E-state index contributed by atoms with van der Waals surface area (Å²) in [4.78, 5) is 12.6. The van der Waals surface area contributed by atoms with Crippen molar-refractivity contribution < 1.29 is 22.3 Å². The number of hydrogen-bond acceptors (Lipinski definition) is 4. The Bertz CT molecular complexity index is 933. The molecule has 8 heteroatoms. The van der Waals surface area contributed by atoms with Gasteiger partial charge >= 0.3 is 0 Å². The van der Waals surface area contributed by atoms with Crippen molar-refractivity contribution in [1.82, 2.24) is 5.32 Å². The molecule has 2 aromatic carbocycles. The van der Waals surface area contributed by atoms with Crippen molar-refractivity contribution >= 4 is 21.6 Å². The maximum atomic E-state index is 14.1. The Morgan fingerprint density at radius 2 is 1.75 bits per heavy atom. The first-order valence-corrected chi connectivity index (χ1v) is 10.7. The number of anilines is 1. The third kappa shape index (κ3) is 5.45. The predicted octanol–water partition coefficient (Wildman–Crippen LogP) is 2.87. The number of benzene rings is 2. The van der Waals surface area contributed by atoms with Gasteiger partial charge in [0.05, 0.1) is 18.0 Å². The van der Waals surface area contributed by atoms with Crippen LogP contribution in [-0.4, -0.2) is 39.3 Å². The van der Waals surface area contributed by atoms with Crippen LogP contribution < -0.4 is 14.4 Å². The zero-order chi connectivity index (χ0) is 20.9. The van der Waals surface area contributed by atoms with Gasteiger partial charge in [0.15, 0.2) is 0 Å². The van der Waals surface area contributed by atoms with Gasteiger partial charge in [-0.15, -0.1) is 0 Å². The molecule has 0 fully saturated rings. The minimum atomic E-state index is -3.88. The number of ether oxygens (including phenoxy) is 1. The average molecular weight is 408 g/mol. The average Bonchev–Trinajstić information content (AvgIpc) is 2.61. The fourth-order valence-electron chi connectivity index (χ4n) is 2.75. The third-order valence-corrected chi connectivity index (χ3v) is 5.38. The lowest BCUT2D eigenvalue weighted by molar-refractivity contribution is -0.122. The first-order valence-electron chi connectivity index (χ1n) is 8.84. The van der Waals surface area contributed by atoms with Crippen molar-refractivity contribution in [3.63, 3.8) is 0 Å². The normalized spacial score (nSPS) is 13.5. The van der Waals surface area contributed by atoms with Gasteiger partial charge in [0.1, 0.15) is 24.2 Å². The molecule has 0 spiro atoms. The van der Waals surface area contributed by atoms with Crippen LogP contribution in [0.2, 0.25) is 0 Å². The lowest BCUT2D eigenvalue weighted by atomic mass is 10.2. The summed E-state index contributed by atoms with van der Waals surface area (Å²) < 4.78 is 45.1. The second-order valence-electron chi connectivity index (χ2n) is 6.67. The fraction of sp³-hybridized carbons (Fsp3) is 0.350. The minimum absolute atomic E-state index is 0.170. The molecule has 0 bridgehead atoms. The molecule has 0 saturated carbocycles. The fourth-order valence-corrected chi connectivity index (χ4v) is 3.93. The van der Waals surface area contributed by atoms with E-state index in [0.717, 1.165) is 22.2 Å². The van der Waals surface area contributed by atoms with E-state index in [1.807, 2.05) is 31.2 Å². The molecule has 0 aliphatic heterocycles. The van der Waals surface area contributed by atoms with E-state index in [-0.39, 0.29) is 18.3 Å². The van der Waals surface area contributed by atoms with Gasteiger partial charge in [0, 0.05) is 0 Å². The summed E-state index contributed by atoms with van der Waals surface area (Å²) in [5, 5.41) is 2.72. The number of hydrogen-bond donors (Lipinski definition) is 1. The van der Waals surface area contributed by atoms with E-state index in [1.54, 1.807) is 6.92 Å². The Balaban J connectivity index is 2.08. The Kier molecular flexibility index (Phi) is 7.01. The molecule has 2 atom stereocenters. The Hall–Kier alpha value is -2.61. The quantitative estimate of drug-likeness (QED) is 0.729. The van der Waals surface area contributed by atoms with Crippen LogP contribution in [0.5, 0.6) is 5.75 Å². The zero-order valence-corrected chi connectivity index (χ0v) is 17.2. The number of nitrogens with zero attached hydrogens (tertiary/aromatic N) is 1. The van der Waals surface area contributed by atoms with Gasteiger partial charge in [-0.2, -0.15) is 0 Å². The smallest absolute Gasteiger partial charge is 0.243 e. The lowest BCUT2D eigenvalue weighted by Gasteiger charge is -2.29. The van der Waals surface area contributed by atoms with Crippen molar-refractivity contribution in [3.8, 4) is 5.75 Å². The largest absolute Gasteiger partial charge is 0.491 e. The van der Waals surface area contributed by atoms with E-state index in [1.165, 1.54) is 25.1 Å². The monoisotopic (exact) mass is 408 g/mol. The van der Waals surface area contributed by atoms with Gasteiger partial charge in [-0.3, -0.25) is 9.10 Å². The van der Waals surface area contributed by atoms with E-state index in [2.05, 4.69) is 5.32 Å². The van der Waals surface area contributed by atoms with E-state index in [4.69, 9.17) is 4.74 Å². The summed E-state index contributed by atoms with van der Waals surface area (Å²) in [6.45, 7) is 5.29. The molecule has 0 saturated heterocycles. The summed E-state index contributed by atoms with van der Waals surface area (Å²) in [5.41, 5.74) is 0.800. The molecular formula is C20H25FN2O4S. The van der Waals surface area contributed by atoms with Gasteiger partial charge in [-0.25, -0.2) is 12.8 Å². The molecule has 1 N–H and O–H groups in total. The van der Waals surface area contributed by atoms with Crippen LogP contribution in [0.4, 0.5) is 10.1 Å². The number of halogens is 1. The van der Waals surface area contributed by atoms with Gasteiger partial charge < -0.3 is 10.1 Å². The molecule has 152 valence electrons. The first kappa shape index (κ1) is 21.7. The second-order valence-corrected chi connectivity index (χ2v) is 8.53. The van der Waals surface area contributed by atoms with Crippen LogP contribution in [0.3, 0.4) is 0 Å². The third-order valence-electron chi connectivity index (χ3n) is 4.15. The molecule has 6 nitrogen and oxygen atoms in total. The molecule has 0 unspecified atom stereocenters. The minimum Gasteiger partial charge on any atom is -0.491 e. The molecule has 0 aliphatic rings. The number of rotatable bonds is 8. The van der Waals surface area contributed by atoms with E-state index < -0.39 is 27.8 Å². The molecule has 2 aromatic rings. The lowest BCUT2D eigenvalue weighted by Crippen LogP contribution is -2.51. The van der Waals surface area contributed by atoms with Gasteiger partial charge in [-0.1, -0.05) is 30.3 Å². The Labute approximate surface area is 165 Å². The molecule has 0 aliphatic carbocycles. The molecular weight excluding hydrogens is 383 g/mol. The molecule has 28 heavy (non-hydrogen) atoms. The molecule has 2 rings (SSSR count). The number of carbonyl (C=O) groups excluding carboxylic acids is 1. The van der Waals surface area contributed by atoms with Crippen LogP contribution in [0.25, 0.3) is 0 Å². The van der Waals surface area contributed by atoms with Crippen LogP contribution in [0, 0.1) is 12.7 Å². The van der Waals surface area contributed by atoms with Crippen LogP contribution >= 0.6 is 0 Å². The standard InChI is InChI=1S/C20H25FN2O4S/c1-14-9-5-8-12-19(14)27-13-15(2)22-20(24)16(3)23(28(4,25)26)18-11-7-6-10-17(18)21/h5-12,15-16H,13H2,1-4H3,(H,22,24)/t15-,16-/m1/s1. The van der Waals surface area contributed by atoms with Crippen LogP contribution in [0.15, 0.2) is 48.5 Å². The number of sulfonamides is 1. The summed E-state index contributed by atoms with van der Waals surface area (Å²) >= 11 is 0. The maximum absolute atomic E-state index is 14.1. The highest BCUT2D eigenvalue weighted by Gasteiger charge is 2.31. The number of para-hydroxylation sites is 2. The summed E-state index contributed by atoms with van der Waals surface area (Å²) in [6, 6.07) is 11.4. The molecule has 0 heterocycles. The van der Waals surface area contributed by atoms with E-state index >= 15 is 0 Å². The topological polar surface area (TPSA) is 75.7 Å². The second kappa shape index (κ2) is 9.05. The Morgan fingerprint density at radius 3 is 2.36 bits per heavy atom. The summed E-state index contributed by atoms with van der Waals surface area (Å²) in [6.07, 6.45) is 0.938.